The lowest BCUT2D eigenvalue weighted by Crippen LogP contribution is -2.50. The summed E-state index contributed by atoms with van der Waals surface area (Å²) in [5.74, 6) is 0.851. The topological polar surface area (TPSA) is 52.6 Å². The molecular weight excluding hydrogens is 244 g/mol. The van der Waals surface area contributed by atoms with Crippen LogP contribution in [0.1, 0.15) is 40.0 Å². The van der Waals surface area contributed by atoms with Gasteiger partial charge in [0.2, 0.25) is 0 Å². The van der Waals surface area contributed by atoms with Crippen molar-refractivity contribution in [1.29, 1.82) is 0 Å². The normalized spacial score (nSPS) is 40.8. The molecule has 0 aromatic heterocycles. The Morgan fingerprint density at radius 1 is 1.26 bits per heavy atom. The molecule has 1 heterocycles. The van der Waals surface area contributed by atoms with E-state index in [1.807, 2.05) is 20.8 Å². The van der Waals surface area contributed by atoms with E-state index in [0.717, 1.165) is 19.3 Å². The highest BCUT2D eigenvalue weighted by Gasteiger charge is 2.56. The molecule has 19 heavy (non-hydrogen) atoms. The van der Waals surface area contributed by atoms with Crippen molar-refractivity contribution in [2.75, 3.05) is 6.61 Å². The SMILES string of the molecule is CC(C)(C)C(=O)OC1CC2CCC1C1COC(=O)C21. The van der Waals surface area contributed by atoms with Crippen LogP contribution in [0.4, 0.5) is 0 Å². The minimum atomic E-state index is -0.460. The smallest absolute Gasteiger partial charge is 0.311 e. The van der Waals surface area contributed by atoms with Crippen LogP contribution in [-0.2, 0) is 19.1 Å². The molecule has 3 saturated carbocycles. The molecule has 4 nitrogen and oxygen atoms in total. The van der Waals surface area contributed by atoms with Crippen LogP contribution in [0.2, 0.25) is 0 Å². The molecule has 0 aromatic rings. The molecular formula is C15H22O4. The van der Waals surface area contributed by atoms with E-state index in [2.05, 4.69) is 0 Å². The summed E-state index contributed by atoms with van der Waals surface area (Å²) in [6.45, 7) is 6.15. The molecule has 0 radical (unpaired) electrons. The molecule has 4 aliphatic rings. The van der Waals surface area contributed by atoms with Gasteiger partial charge >= 0.3 is 11.9 Å². The number of rotatable bonds is 1. The molecule has 0 amide bonds. The Morgan fingerprint density at radius 3 is 2.68 bits per heavy atom. The van der Waals surface area contributed by atoms with Crippen LogP contribution in [0.3, 0.4) is 0 Å². The molecule has 3 aliphatic carbocycles. The zero-order valence-electron chi connectivity index (χ0n) is 11.8. The van der Waals surface area contributed by atoms with E-state index >= 15 is 0 Å². The fraction of sp³-hybridized carbons (Fsp3) is 0.867. The Balaban J connectivity index is 1.74. The van der Waals surface area contributed by atoms with Gasteiger partial charge in [0.1, 0.15) is 6.10 Å². The molecule has 106 valence electrons. The first-order valence-corrected chi connectivity index (χ1v) is 7.25. The molecule has 4 fully saturated rings. The fourth-order valence-corrected chi connectivity index (χ4v) is 3.93. The number of esters is 2. The fourth-order valence-electron chi connectivity index (χ4n) is 3.93. The Hall–Kier alpha value is -1.06. The Bertz CT molecular complexity index is 409. The van der Waals surface area contributed by atoms with E-state index in [0.29, 0.717) is 18.4 Å². The maximum atomic E-state index is 12.0. The highest BCUT2D eigenvalue weighted by atomic mass is 16.6. The van der Waals surface area contributed by atoms with Crippen molar-refractivity contribution in [1.82, 2.24) is 0 Å². The molecule has 0 aromatic carbocycles. The monoisotopic (exact) mass is 266 g/mol. The number of ether oxygens (including phenoxy) is 2. The van der Waals surface area contributed by atoms with Crippen LogP contribution < -0.4 is 0 Å². The molecule has 4 rings (SSSR count). The lowest BCUT2D eigenvalue weighted by atomic mass is 9.58. The molecule has 4 heteroatoms. The first-order valence-electron chi connectivity index (χ1n) is 7.25. The quantitative estimate of drug-likeness (QED) is 0.682. The van der Waals surface area contributed by atoms with Gasteiger partial charge in [-0.15, -0.1) is 0 Å². The predicted molar refractivity (Wildman–Crippen MR) is 68.1 cm³/mol. The van der Waals surface area contributed by atoms with E-state index < -0.39 is 5.41 Å². The van der Waals surface area contributed by atoms with Gasteiger partial charge in [0.15, 0.2) is 0 Å². The van der Waals surface area contributed by atoms with Gasteiger partial charge < -0.3 is 9.47 Å². The average molecular weight is 266 g/mol. The molecule has 0 N–H and O–H groups in total. The lowest BCUT2D eigenvalue weighted by Gasteiger charge is -2.47. The number of cyclic esters (lactones) is 1. The van der Waals surface area contributed by atoms with E-state index in [-0.39, 0.29) is 29.9 Å². The van der Waals surface area contributed by atoms with Crippen molar-refractivity contribution < 1.29 is 19.1 Å². The molecule has 5 atom stereocenters. The Labute approximate surface area is 113 Å². The van der Waals surface area contributed by atoms with Crippen molar-refractivity contribution in [2.24, 2.45) is 29.1 Å². The molecule has 5 unspecified atom stereocenters. The largest absolute Gasteiger partial charge is 0.465 e. The maximum Gasteiger partial charge on any atom is 0.311 e. The summed E-state index contributed by atoms with van der Waals surface area (Å²) in [6, 6.07) is 0. The second kappa shape index (κ2) is 4.22. The predicted octanol–water partition coefficient (Wildman–Crippen LogP) is 2.16. The first kappa shape index (κ1) is 12.9. The van der Waals surface area contributed by atoms with Crippen LogP contribution in [0.15, 0.2) is 0 Å². The highest BCUT2D eigenvalue weighted by molar-refractivity contribution is 5.77. The van der Waals surface area contributed by atoms with Crippen molar-refractivity contribution in [3.8, 4) is 0 Å². The molecule has 1 aliphatic heterocycles. The maximum absolute atomic E-state index is 12.0. The average Bonchev–Trinajstić information content (AvgIpc) is 2.73. The summed E-state index contributed by atoms with van der Waals surface area (Å²) in [6.07, 6.45) is 2.96. The van der Waals surface area contributed by atoms with Crippen molar-refractivity contribution in [2.45, 2.75) is 46.1 Å². The summed E-state index contributed by atoms with van der Waals surface area (Å²) in [4.78, 5) is 23.8. The number of carbonyl (C=O) groups is 2. The highest BCUT2D eigenvalue weighted by Crippen LogP contribution is 2.52. The number of hydrogen-bond donors (Lipinski definition) is 0. The first-order chi connectivity index (χ1) is 8.88. The third-order valence-corrected chi connectivity index (χ3v) is 4.96. The summed E-state index contributed by atoms with van der Waals surface area (Å²) < 4.78 is 10.9. The van der Waals surface area contributed by atoms with Crippen molar-refractivity contribution >= 4 is 11.9 Å². The van der Waals surface area contributed by atoms with Gasteiger partial charge in [-0.05, 0) is 46.0 Å². The van der Waals surface area contributed by atoms with Gasteiger partial charge in [0.05, 0.1) is 17.9 Å². The van der Waals surface area contributed by atoms with Crippen molar-refractivity contribution in [3.63, 3.8) is 0 Å². The number of fused-ring (bicyclic) bond motifs is 2. The van der Waals surface area contributed by atoms with E-state index in [1.54, 1.807) is 0 Å². The van der Waals surface area contributed by atoms with Gasteiger partial charge in [0, 0.05) is 11.8 Å². The summed E-state index contributed by atoms with van der Waals surface area (Å²) in [7, 11) is 0. The zero-order valence-corrected chi connectivity index (χ0v) is 11.8. The minimum absolute atomic E-state index is 0.0128. The summed E-state index contributed by atoms with van der Waals surface area (Å²) in [5.41, 5.74) is -0.460. The summed E-state index contributed by atoms with van der Waals surface area (Å²) >= 11 is 0. The third-order valence-electron chi connectivity index (χ3n) is 4.96. The van der Waals surface area contributed by atoms with Crippen LogP contribution >= 0.6 is 0 Å². The van der Waals surface area contributed by atoms with Gasteiger partial charge in [-0.2, -0.15) is 0 Å². The zero-order chi connectivity index (χ0) is 13.8. The number of carbonyl (C=O) groups excluding carboxylic acids is 2. The number of hydrogen-bond acceptors (Lipinski definition) is 4. The van der Waals surface area contributed by atoms with E-state index in [4.69, 9.17) is 9.47 Å². The molecule has 1 saturated heterocycles. The van der Waals surface area contributed by atoms with Gasteiger partial charge in [-0.25, -0.2) is 0 Å². The van der Waals surface area contributed by atoms with Crippen LogP contribution in [-0.4, -0.2) is 24.6 Å². The van der Waals surface area contributed by atoms with Gasteiger partial charge in [0.25, 0.3) is 0 Å². The van der Waals surface area contributed by atoms with Gasteiger partial charge in [-0.1, -0.05) is 0 Å². The van der Waals surface area contributed by atoms with E-state index in [1.165, 1.54) is 0 Å². The third kappa shape index (κ3) is 2.05. The summed E-state index contributed by atoms with van der Waals surface area (Å²) in [5, 5.41) is 0. The standard InChI is InChI=1S/C15H22O4/c1-15(2,3)14(17)19-11-6-8-4-5-9(11)10-7-18-13(16)12(8)10/h8-12H,4-7H2,1-3H3. The second-order valence-electron chi connectivity index (χ2n) is 7.25. The Morgan fingerprint density at radius 2 is 2.00 bits per heavy atom. The Kier molecular flexibility index (Phi) is 2.88. The van der Waals surface area contributed by atoms with Crippen LogP contribution in [0.25, 0.3) is 0 Å². The minimum Gasteiger partial charge on any atom is -0.465 e. The second-order valence-corrected chi connectivity index (χ2v) is 7.25. The van der Waals surface area contributed by atoms with Gasteiger partial charge in [-0.3, -0.25) is 9.59 Å². The van der Waals surface area contributed by atoms with E-state index in [9.17, 15) is 9.59 Å². The molecule has 2 bridgehead atoms. The van der Waals surface area contributed by atoms with Crippen LogP contribution in [0, 0.1) is 29.1 Å². The molecule has 0 spiro atoms. The van der Waals surface area contributed by atoms with Crippen molar-refractivity contribution in [3.05, 3.63) is 0 Å². The van der Waals surface area contributed by atoms with Crippen LogP contribution in [0.5, 0.6) is 0 Å². The lowest BCUT2D eigenvalue weighted by molar-refractivity contribution is -0.173.